The average molecular weight is 329 g/mol. The van der Waals surface area contributed by atoms with Gasteiger partial charge in [0.25, 0.3) is 11.8 Å². The molecule has 1 aliphatic rings. The Kier molecular flexibility index (Phi) is 5.26. The number of nitrogens with zero attached hydrogens (tertiary/aromatic N) is 1. The largest absolute Gasteiger partial charge is 0.460 e. The molecule has 24 heavy (non-hydrogen) atoms. The Morgan fingerprint density at radius 2 is 1.62 bits per heavy atom. The minimum atomic E-state index is -0.727. The lowest BCUT2D eigenvalue weighted by Crippen LogP contribution is -2.35. The van der Waals surface area contributed by atoms with Crippen LogP contribution in [0.2, 0.25) is 0 Å². The van der Waals surface area contributed by atoms with Gasteiger partial charge in [0, 0.05) is 0 Å². The highest BCUT2D eigenvalue weighted by Gasteiger charge is 2.37. The minimum absolute atomic E-state index is 0.0126. The third-order valence-corrected chi connectivity index (χ3v) is 3.19. The molecule has 0 saturated heterocycles. The lowest BCUT2D eigenvalue weighted by molar-refractivity contribution is -0.142. The molecule has 0 unspecified atom stereocenters. The molecule has 1 aromatic carbocycles. The Morgan fingerprint density at radius 3 is 2.29 bits per heavy atom. The number of hydrogen-bond acceptors (Lipinski definition) is 6. The number of benzene rings is 1. The van der Waals surface area contributed by atoms with Gasteiger partial charge in [-0.05, 0) is 18.2 Å². The van der Waals surface area contributed by atoms with Crippen molar-refractivity contribution in [3.05, 3.63) is 60.2 Å². The molecule has 7 heteroatoms. The van der Waals surface area contributed by atoms with Crippen molar-refractivity contribution in [2.75, 3.05) is 19.8 Å². The summed E-state index contributed by atoms with van der Waals surface area (Å²) in [6.07, 6.45) is 2.79. The number of esters is 2. The van der Waals surface area contributed by atoms with Crippen LogP contribution in [-0.4, -0.2) is 48.4 Å². The van der Waals surface area contributed by atoms with Crippen LogP contribution in [0.15, 0.2) is 43.5 Å². The first-order chi connectivity index (χ1) is 11.5. The predicted octanol–water partition coefficient (Wildman–Crippen LogP) is 1.35. The molecule has 0 aliphatic carbocycles. The molecule has 0 bridgehead atoms. The van der Waals surface area contributed by atoms with Crippen molar-refractivity contribution in [2.24, 2.45) is 0 Å². The van der Waals surface area contributed by atoms with Crippen LogP contribution in [-0.2, 0) is 14.3 Å². The molecule has 0 fully saturated rings. The number of hydrogen-bond donors (Lipinski definition) is 0. The van der Waals surface area contributed by atoms with Crippen LogP contribution in [0.1, 0.15) is 31.1 Å². The highest BCUT2D eigenvalue weighted by atomic mass is 16.5. The van der Waals surface area contributed by atoms with Crippen molar-refractivity contribution in [3.8, 4) is 0 Å². The minimum Gasteiger partial charge on any atom is -0.460 e. The van der Waals surface area contributed by atoms with Crippen molar-refractivity contribution < 1.29 is 28.7 Å². The third-order valence-electron chi connectivity index (χ3n) is 3.19. The fourth-order valence-corrected chi connectivity index (χ4v) is 2.11. The van der Waals surface area contributed by atoms with Crippen LogP contribution in [0.4, 0.5) is 0 Å². The monoisotopic (exact) mass is 329 g/mol. The van der Waals surface area contributed by atoms with Crippen LogP contribution in [0.3, 0.4) is 0 Å². The van der Waals surface area contributed by atoms with E-state index in [1.165, 1.54) is 30.4 Å². The van der Waals surface area contributed by atoms with Crippen molar-refractivity contribution in [1.29, 1.82) is 0 Å². The summed E-state index contributed by atoms with van der Waals surface area (Å²) in [5.74, 6) is -2.64. The van der Waals surface area contributed by atoms with Gasteiger partial charge in [0.05, 0.1) is 16.7 Å². The fraction of sp³-hybridized carbons (Fsp3) is 0.176. The Hall–Kier alpha value is -3.22. The quantitative estimate of drug-likeness (QED) is 0.426. The second-order valence-corrected chi connectivity index (χ2v) is 4.82. The summed E-state index contributed by atoms with van der Waals surface area (Å²) in [5.41, 5.74) is 0.300. The van der Waals surface area contributed by atoms with Crippen molar-refractivity contribution >= 4 is 23.8 Å². The highest BCUT2D eigenvalue weighted by Crippen LogP contribution is 2.24. The molecule has 1 aromatic rings. The van der Waals surface area contributed by atoms with E-state index < -0.39 is 30.3 Å². The third kappa shape index (κ3) is 3.40. The number of rotatable bonds is 7. The van der Waals surface area contributed by atoms with Gasteiger partial charge >= 0.3 is 11.9 Å². The molecule has 1 aliphatic heterocycles. The summed E-state index contributed by atoms with van der Waals surface area (Å²) >= 11 is 0. The van der Waals surface area contributed by atoms with Gasteiger partial charge in [0.1, 0.15) is 19.8 Å². The molecule has 0 spiro atoms. The predicted molar refractivity (Wildman–Crippen MR) is 83.4 cm³/mol. The van der Waals surface area contributed by atoms with Crippen LogP contribution < -0.4 is 0 Å². The van der Waals surface area contributed by atoms with Crippen LogP contribution in [0.25, 0.3) is 0 Å². The van der Waals surface area contributed by atoms with E-state index in [0.29, 0.717) is 0 Å². The number of carbonyl (C=O) groups excluding carboxylic acids is 4. The number of ether oxygens (including phenoxy) is 2. The van der Waals surface area contributed by atoms with Gasteiger partial charge in [-0.15, -0.1) is 0 Å². The van der Waals surface area contributed by atoms with Gasteiger partial charge < -0.3 is 9.47 Å². The van der Waals surface area contributed by atoms with E-state index >= 15 is 0 Å². The van der Waals surface area contributed by atoms with E-state index in [0.717, 1.165) is 4.90 Å². The first-order valence-electron chi connectivity index (χ1n) is 7.04. The average Bonchev–Trinajstić information content (AvgIpc) is 2.82. The van der Waals surface area contributed by atoms with Gasteiger partial charge in [-0.2, -0.15) is 0 Å². The van der Waals surface area contributed by atoms with Crippen molar-refractivity contribution in [3.63, 3.8) is 0 Å². The number of imide groups is 1. The lowest BCUT2D eigenvalue weighted by Gasteiger charge is -2.12. The molecule has 7 nitrogen and oxygen atoms in total. The van der Waals surface area contributed by atoms with E-state index in [2.05, 4.69) is 13.2 Å². The maximum absolute atomic E-state index is 12.3. The summed E-state index contributed by atoms with van der Waals surface area (Å²) in [7, 11) is 0. The van der Waals surface area contributed by atoms with Gasteiger partial charge in [-0.3, -0.25) is 19.3 Å². The molecule has 0 N–H and O–H groups in total. The zero-order valence-corrected chi connectivity index (χ0v) is 12.8. The molecule has 0 aromatic heterocycles. The first kappa shape index (κ1) is 17.1. The summed E-state index contributed by atoms with van der Waals surface area (Å²) < 4.78 is 9.65. The van der Waals surface area contributed by atoms with E-state index in [9.17, 15) is 19.2 Å². The number of carbonyl (C=O) groups is 4. The normalized spacial score (nSPS) is 12.6. The zero-order chi connectivity index (χ0) is 17.7. The number of fused-ring (bicyclic) bond motifs is 1. The van der Waals surface area contributed by atoms with Crippen LogP contribution in [0, 0.1) is 0 Å². The molecule has 124 valence electrons. The van der Waals surface area contributed by atoms with E-state index in [4.69, 9.17) is 9.47 Å². The van der Waals surface area contributed by atoms with E-state index in [-0.39, 0.29) is 29.9 Å². The molecule has 0 atom stereocenters. The zero-order valence-electron chi connectivity index (χ0n) is 12.8. The van der Waals surface area contributed by atoms with Gasteiger partial charge in [-0.1, -0.05) is 25.3 Å². The van der Waals surface area contributed by atoms with Crippen LogP contribution >= 0.6 is 0 Å². The molecule has 2 amide bonds. The molecule has 0 saturated carbocycles. The van der Waals surface area contributed by atoms with Gasteiger partial charge in [-0.25, -0.2) is 4.79 Å². The molecular weight excluding hydrogens is 314 g/mol. The fourth-order valence-electron chi connectivity index (χ4n) is 2.11. The van der Waals surface area contributed by atoms with Crippen molar-refractivity contribution in [2.45, 2.75) is 0 Å². The van der Waals surface area contributed by atoms with Gasteiger partial charge in [0.15, 0.2) is 0 Å². The molecule has 1 heterocycles. The van der Waals surface area contributed by atoms with E-state index in [1.807, 2.05) is 0 Å². The number of amides is 2. The first-order valence-corrected chi connectivity index (χ1v) is 7.04. The second kappa shape index (κ2) is 7.36. The van der Waals surface area contributed by atoms with Gasteiger partial charge in [0.2, 0.25) is 0 Å². The Bertz CT molecular complexity index is 737. The smallest absolute Gasteiger partial charge is 0.338 e. The van der Waals surface area contributed by atoms with E-state index in [1.54, 1.807) is 0 Å². The molecule has 0 radical (unpaired) electrons. The molecular formula is C17H15NO6. The second-order valence-electron chi connectivity index (χ2n) is 4.82. The summed E-state index contributed by atoms with van der Waals surface area (Å²) in [6.45, 7) is 6.35. The Morgan fingerprint density at radius 1 is 1.00 bits per heavy atom. The highest BCUT2D eigenvalue weighted by molar-refractivity contribution is 6.22. The SMILES string of the molecule is C=CCOC(=O)CN1C(=O)c2ccc(C(=O)OCC=C)cc2C1=O. The Balaban J connectivity index is 2.19. The van der Waals surface area contributed by atoms with Crippen LogP contribution in [0.5, 0.6) is 0 Å². The van der Waals surface area contributed by atoms with Crippen molar-refractivity contribution in [1.82, 2.24) is 4.90 Å². The lowest BCUT2D eigenvalue weighted by atomic mass is 10.1. The summed E-state index contributed by atoms with van der Waals surface area (Å²) in [5, 5.41) is 0. The summed E-state index contributed by atoms with van der Waals surface area (Å²) in [4.78, 5) is 48.7. The Labute approximate surface area is 138 Å². The topological polar surface area (TPSA) is 90.0 Å². The molecule has 2 rings (SSSR count). The maximum Gasteiger partial charge on any atom is 0.338 e. The standard InChI is InChI=1S/C17H15NO6/c1-3-7-23-14(19)10-18-15(20)12-6-5-11(9-13(12)16(18)21)17(22)24-8-4-2/h3-6,9H,1-2,7-8,10H2. The summed E-state index contributed by atoms with van der Waals surface area (Å²) in [6, 6.07) is 4.01. The maximum atomic E-state index is 12.3.